The van der Waals surface area contributed by atoms with Crippen LogP contribution in [0.1, 0.15) is 35.1 Å². The van der Waals surface area contributed by atoms with Gasteiger partial charge in [0, 0.05) is 32.0 Å². The van der Waals surface area contributed by atoms with Gasteiger partial charge in [-0.15, -0.1) is 0 Å². The van der Waals surface area contributed by atoms with Gasteiger partial charge in [0.15, 0.2) is 0 Å². The van der Waals surface area contributed by atoms with Gasteiger partial charge in [-0.2, -0.15) is 5.10 Å². The van der Waals surface area contributed by atoms with Gasteiger partial charge in [-0.3, -0.25) is 14.5 Å². The maximum Gasteiger partial charge on any atom is 0.272 e. The molecule has 1 atom stereocenters. The first kappa shape index (κ1) is 15.7. The summed E-state index contributed by atoms with van der Waals surface area (Å²) in [4.78, 5) is 18.6. The van der Waals surface area contributed by atoms with E-state index in [1.54, 1.807) is 17.1 Å². The van der Waals surface area contributed by atoms with Crippen LogP contribution >= 0.6 is 0 Å². The minimum atomic E-state index is 0.0416. The van der Waals surface area contributed by atoms with E-state index in [1.165, 1.54) is 0 Å². The number of aromatic nitrogens is 3. The highest BCUT2D eigenvalue weighted by Gasteiger charge is 2.29. The second-order valence-electron chi connectivity index (χ2n) is 5.82. The minimum Gasteiger partial charge on any atom is -0.372 e. The molecule has 23 heavy (non-hydrogen) atoms. The van der Waals surface area contributed by atoms with Crippen LogP contribution in [-0.4, -0.2) is 44.8 Å². The van der Waals surface area contributed by atoms with Crippen molar-refractivity contribution in [2.45, 2.75) is 39.5 Å². The lowest BCUT2D eigenvalue weighted by molar-refractivity contribution is 0.0433. The van der Waals surface area contributed by atoms with Crippen LogP contribution in [0, 0.1) is 6.92 Å². The monoisotopic (exact) mass is 314 g/mol. The number of amides is 1. The summed E-state index contributed by atoms with van der Waals surface area (Å²) in [5.41, 5.74) is 2.59. The molecule has 0 radical (unpaired) electrons. The standard InChI is InChI=1S/C17H22N4O2/c1-3-21-16(9-13(2)19-21)17(22)20-8-6-15(11-20)23-12-14-5-4-7-18-10-14/h4-5,7,9-10,15H,3,6,8,11-12H2,1-2H3/t15-/m0/s1. The molecule has 3 heterocycles. The average Bonchev–Trinajstić information content (AvgIpc) is 3.19. The van der Waals surface area contributed by atoms with Gasteiger partial charge in [0.1, 0.15) is 5.69 Å². The molecule has 0 aliphatic carbocycles. The first-order chi connectivity index (χ1) is 11.2. The molecule has 0 N–H and O–H groups in total. The van der Waals surface area contributed by atoms with Gasteiger partial charge in [0.2, 0.25) is 0 Å². The molecular weight excluding hydrogens is 292 g/mol. The van der Waals surface area contributed by atoms with Crippen molar-refractivity contribution in [2.24, 2.45) is 0 Å². The SMILES string of the molecule is CCn1nc(C)cc1C(=O)N1CC[C@H](OCc2cccnc2)C1. The molecule has 1 aliphatic heterocycles. The maximum atomic E-state index is 12.7. The number of hydrogen-bond acceptors (Lipinski definition) is 4. The Kier molecular flexibility index (Phi) is 4.71. The van der Waals surface area contributed by atoms with Gasteiger partial charge in [-0.25, -0.2) is 0 Å². The fourth-order valence-corrected chi connectivity index (χ4v) is 2.87. The predicted octanol–water partition coefficient (Wildman–Crippen LogP) is 2.04. The van der Waals surface area contributed by atoms with E-state index < -0.39 is 0 Å². The summed E-state index contributed by atoms with van der Waals surface area (Å²) in [5, 5.41) is 4.35. The molecule has 3 rings (SSSR count). The molecule has 0 saturated carbocycles. The summed E-state index contributed by atoms with van der Waals surface area (Å²) in [6, 6.07) is 5.75. The zero-order valence-electron chi connectivity index (χ0n) is 13.6. The van der Waals surface area contributed by atoms with E-state index in [-0.39, 0.29) is 12.0 Å². The number of rotatable bonds is 5. The van der Waals surface area contributed by atoms with Gasteiger partial charge in [-0.1, -0.05) is 6.07 Å². The number of nitrogens with zero attached hydrogens (tertiary/aromatic N) is 4. The molecule has 2 aromatic rings. The van der Waals surface area contributed by atoms with Crippen LogP contribution < -0.4 is 0 Å². The largest absolute Gasteiger partial charge is 0.372 e. The number of pyridine rings is 1. The smallest absolute Gasteiger partial charge is 0.272 e. The fourth-order valence-electron chi connectivity index (χ4n) is 2.87. The van der Waals surface area contributed by atoms with Crippen molar-refractivity contribution >= 4 is 5.91 Å². The fraction of sp³-hybridized carbons (Fsp3) is 0.471. The molecule has 1 amide bonds. The summed E-state index contributed by atoms with van der Waals surface area (Å²) in [6.07, 6.45) is 4.50. The molecular formula is C17H22N4O2. The Labute approximate surface area is 136 Å². The number of carbonyl (C=O) groups excluding carboxylic acids is 1. The lowest BCUT2D eigenvalue weighted by Crippen LogP contribution is -2.31. The molecule has 2 aromatic heterocycles. The topological polar surface area (TPSA) is 60.2 Å². The molecule has 0 aromatic carbocycles. The van der Waals surface area contributed by atoms with Crippen LogP contribution in [0.5, 0.6) is 0 Å². The third-order valence-electron chi connectivity index (χ3n) is 4.06. The van der Waals surface area contributed by atoms with Gasteiger partial charge >= 0.3 is 0 Å². The van der Waals surface area contributed by atoms with E-state index in [2.05, 4.69) is 10.1 Å². The van der Waals surface area contributed by atoms with Gasteiger partial charge in [0.05, 0.1) is 18.4 Å². The molecule has 1 aliphatic rings. The second-order valence-corrected chi connectivity index (χ2v) is 5.82. The van der Waals surface area contributed by atoms with Gasteiger partial charge < -0.3 is 9.64 Å². The second kappa shape index (κ2) is 6.91. The molecule has 6 nitrogen and oxygen atoms in total. The zero-order valence-corrected chi connectivity index (χ0v) is 13.6. The lowest BCUT2D eigenvalue weighted by Gasteiger charge is -2.17. The van der Waals surface area contributed by atoms with Crippen LogP contribution in [-0.2, 0) is 17.9 Å². The molecule has 1 fully saturated rings. The number of carbonyl (C=O) groups is 1. The molecule has 122 valence electrons. The van der Waals surface area contributed by atoms with E-state index in [0.717, 1.165) is 24.2 Å². The number of aryl methyl sites for hydroxylation is 2. The minimum absolute atomic E-state index is 0.0416. The normalized spacial score (nSPS) is 17.7. The Morgan fingerprint density at radius 3 is 3.09 bits per heavy atom. The molecule has 0 bridgehead atoms. The molecule has 6 heteroatoms. The highest BCUT2D eigenvalue weighted by atomic mass is 16.5. The van der Waals surface area contributed by atoms with Crippen molar-refractivity contribution in [3.63, 3.8) is 0 Å². The average molecular weight is 314 g/mol. The van der Waals surface area contributed by atoms with Crippen molar-refractivity contribution in [1.82, 2.24) is 19.7 Å². The van der Waals surface area contributed by atoms with E-state index >= 15 is 0 Å². The highest BCUT2D eigenvalue weighted by Crippen LogP contribution is 2.18. The summed E-state index contributed by atoms with van der Waals surface area (Å²) in [7, 11) is 0. The zero-order chi connectivity index (χ0) is 16.2. The van der Waals surface area contributed by atoms with Gasteiger partial charge in [-0.05, 0) is 38.0 Å². The van der Waals surface area contributed by atoms with E-state index in [0.29, 0.717) is 25.4 Å². The van der Waals surface area contributed by atoms with Gasteiger partial charge in [0.25, 0.3) is 5.91 Å². The molecule has 0 spiro atoms. The Bertz CT molecular complexity index is 668. The number of ether oxygens (including phenoxy) is 1. The van der Waals surface area contributed by atoms with Crippen molar-refractivity contribution in [3.8, 4) is 0 Å². The van der Waals surface area contributed by atoms with Crippen LogP contribution in [0.3, 0.4) is 0 Å². The third kappa shape index (κ3) is 3.59. The predicted molar refractivity (Wildman–Crippen MR) is 86.0 cm³/mol. The Hall–Kier alpha value is -2.21. The summed E-state index contributed by atoms with van der Waals surface area (Å²) in [5.74, 6) is 0.0416. The first-order valence-electron chi connectivity index (χ1n) is 8.01. The van der Waals surface area contributed by atoms with Crippen LogP contribution in [0.15, 0.2) is 30.6 Å². The van der Waals surface area contributed by atoms with Crippen molar-refractivity contribution in [2.75, 3.05) is 13.1 Å². The third-order valence-corrected chi connectivity index (χ3v) is 4.06. The first-order valence-corrected chi connectivity index (χ1v) is 8.01. The Morgan fingerprint density at radius 1 is 1.48 bits per heavy atom. The van der Waals surface area contributed by atoms with Crippen LogP contribution in [0.2, 0.25) is 0 Å². The summed E-state index contributed by atoms with van der Waals surface area (Å²) >= 11 is 0. The highest BCUT2D eigenvalue weighted by molar-refractivity contribution is 5.93. The maximum absolute atomic E-state index is 12.7. The van der Waals surface area contributed by atoms with Crippen molar-refractivity contribution in [1.29, 1.82) is 0 Å². The lowest BCUT2D eigenvalue weighted by atomic mass is 10.3. The molecule has 0 unspecified atom stereocenters. The number of hydrogen-bond donors (Lipinski definition) is 0. The quantitative estimate of drug-likeness (QED) is 0.847. The van der Waals surface area contributed by atoms with E-state index in [4.69, 9.17) is 4.74 Å². The molecule has 1 saturated heterocycles. The van der Waals surface area contributed by atoms with E-state index in [9.17, 15) is 4.79 Å². The number of likely N-dealkylation sites (tertiary alicyclic amines) is 1. The van der Waals surface area contributed by atoms with Crippen LogP contribution in [0.25, 0.3) is 0 Å². The Morgan fingerprint density at radius 2 is 2.35 bits per heavy atom. The van der Waals surface area contributed by atoms with Crippen LogP contribution in [0.4, 0.5) is 0 Å². The van der Waals surface area contributed by atoms with Crippen molar-refractivity contribution < 1.29 is 9.53 Å². The summed E-state index contributed by atoms with van der Waals surface area (Å²) < 4.78 is 7.68. The van der Waals surface area contributed by atoms with Crippen molar-refractivity contribution in [3.05, 3.63) is 47.5 Å². The summed E-state index contributed by atoms with van der Waals surface area (Å²) in [6.45, 7) is 6.49. The van der Waals surface area contributed by atoms with E-state index in [1.807, 2.05) is 36.9 Å². The Balaban J connectivity index is 1.57.